The number of aldehydes is 2. The van der Waals surface area contributed by atoms with Gasteiger partial charge in [-0.2, -0.15) is 0 Å². The minimum atomic E-state index is -1.37. The second-order valence-electron chi connectivity index (χ2n) is 5.38. The SMILES string of the molecule is CC(OC(N)=O)(Sc1ccc(C(=O)O)cc1)c1ccc(C=O)cc1C=O. The predicted molar refractivity (Wildman–Crippen MR) is 94.5 cm³/mol. The zero-order valence-electron chi connectivity index (χ0n) is 13.7. The largest absolute Gasteiger partial charge is 0.478 e. The van der Waals surface area contributed by atoms with Gasteiger partial charge in [0.25, 0.3) is 0 Å². The van der Waals surface area contributed by atoms with Crippen LogP contribution in [0.3, 0.4) is 0 Å². The summed E-state index contributed by atoms with van der Waals surface area (Å²) in [5.41, 5.74) is 6.12. The number of thioether (sulfide) groups is 1. The van der Waals surface area contributed by atoms with Crippen molar-refractivity contribution in [3.63, 3.8) is 0 Å². The van der Waals surface area contributed by atoms with Gasteiger partial charge in [-0.05, 0) is 37.3 Å². The molecule has 8 heteroatoms. The van der Waals surface area contributed by atoms with Crippen molar-refractivity contribution in [1.29, 1.82) is 0 Å². The molecule has 2 rings (SSSR count). The first-order valence-corrected chi connectivity index (χ1v) is 8.16. The highest BCUT2D eigenvalue weighted by Crippen LogP contribution is 2.43. The topological polar surface area (TPSA) is 124 Å². The number of primary amides is 1. The predicted octanol–water partition coefficient (Wildman–Crippen LogP) is 3.07. The fourth-order valence-corrected chi connectivity index (χ4v) is 3.52. The molecule has 0 aliphatic heterocycles. The Labute approximate surface area is 153 Å². The molecule has 2 aromatic carbocycles. The van der Waals surface area contributed by atoms with Crippen LogP contribution >= 0.6 is 11.8 Å². The van der Waals surface area contributed by atoms with Crippen molar-refractivity contribution in [1.82, 2.24) is 0 Å². The number of hydrogen-bond acceptors (Lipinski definition) is 6. The molecule has 1 amide bonds. The molecule has 7 nitrogen and oxygen atoms in total. The molecule has 134 valence electrons. The Bertz CT molecular complexity index is 864. The van der Waals surface area contributed by atoms with Crippen LogP contribution in [0.15, 0.2) is 47.4 Å². The second-order valence-corrected chi connectivity index (χ2v) is 6.84. The number of rotatable bonds is 7. The van der Waals surface area contributed by atoms with E-state index in [1.807, 2.05) is 0 Å². The highest BCUT2D eigenvalue weighted by atomic mass is 32.2. The molecular weight excluding hydrogens is 358 g/mol. The molecule has 0 aromatic heterocycles. The van der Waals surface area contributed by atoms with Crippen LogP contribution in [-0.2, 0) is 9.67 Å². The molecule has 2 aromatic rings. The number of carboxylic acid groups (broad SMARTS) is 1. The van der Waals surface area contributed by atoms with Gasteiger partial charge < -0.3 is 15.6 Å². The molecule has 0 fully saturated rings. The van der Waals surface area contributed by atoms with Crippen LogP contribution < -0.4 is 5.73 Å². The van der Waals surface area contributed by atoms with E-state index < -0.39 is 17.0 Å². The molecule has 0 saturated heterocycles. The van der Waals surface area contributed by atoms with Gasteiger partial charge >= 0.3 is 12.1 Å². The zero-order chi connectivity index (χ0) is 19.3. The van der Waals surface area contributed by atoms with Crippen molar-refractivity contribution in [2.75, 3.05) is 0 Å². The third-order valence-corrected chi connectivity index (χ3v) is 4.74. The highest BCUT2D eigenvalue weighted by molar-refractivity contribution is 8.00. The summed E-state index contributed by atoms with van der Waals surface area (Å²) >= 11 is 1.07. The normalized spacial score (nSPS) is 12.7. The molecule has 1 unspecified atom stereocenters. The summed E-state index contributed by atoms with van der Waals surface area (Å²) in [5.74, 6) is -1.06. The number of ether oxygens (including phenoxy) is 1. The average Bonchev–Trinajstić information content (AvgIpc) is 2.60. The maximum absolute atomic E-state index is 11.4. The lowest BCUT2D eigenvalue weighted by Crippen LogP contribution is -2.30. The lowest BCUT2D eigenvalue weighted by Gasteiger charge is -2.29. The Balaban J connectivity index is 2.48. The van der Waals surface area contributed by atoms with Crippen LogP contribution in [-0.4, -0.2) is 29.7 Å². The van der Waals surface area contributed by atoms with E-state index in [2.05, 4.69) is 0 Å². The minimum Gasteiger partial charge on any atom is -0.478 e. The van der Waals surface area contributed by atoms with Crippen LogP contribution in [0.1, 0.15) is 43.6 Å². The van der Waals surface area contributed by atoms with E-state index in [4.69, 9.17) is 15.6 Å². The van der Waals surface area contributed by atoms with E-state index in [1.54, 1.807) is 19.1 Å². The number of carbonyl (C=O) groups is 4. The standard InChI is InChI=1S/C18H15NO6S/c1-18(25-17(19)24,15-7-2-11(9-20)8-13(15)10-21)26-14-5-3-12(4-6-14)16(22)23/h2-10H,1H3,(H2,19,24)(H,22,23). The number of benzene rings is 2. The number of hydrogen-bond donors (Lipinski definition) is 2. The van der Waals surface area contributed by atoms with Gasteiger partial charge in [-0.1, -0.05) is 23.9 Å². The van der Waals surface area contributed by atoms with Crippen molar-refractivity contribution in [3.8, 4) is 0 Å². The van der Waals surface area contributed by atoms with Gasteiger partial charge in [-0.15, -0.1) is 0 Å². The van der Waals surface area contributed by atoms with Gasteiger partial charge in [0.05, 0.1) is 5.56 Å². The summed E-state index contributed by atoms with van der Waals surface area (Å²) in [5, 5.41) is 8.96. The molecule has 0 radical (unpaired) electrons. The van der Waals surface area contributed by atoms with Gasteiger partial charge in [-0.3, -0.25) is 9.59 Å². The van der Waals surface area contributed by atoms with Crippen LogP contribution in [0.25, 0.3) is 0 Å². The molecule has 0 aliphatic carbocycles. The van der Waals surface area contributed by atoms with Crippen molar-refractivity contribution >= 4 is 36.4 Å². The molecule has 0 spiro atoms. The summed E-state index contributed by atoms with van der Waals surface area (Å²) in [7, 11) is 0. The third-order valence-electron chi connectivity index (χ3n) is 3.54. The molecule has 0 aliphatic rings. The Morgan fingerprint density at radius 3 is 2.27 bits per heavy atom. The van der Waals surface area contributed by atoms with Crippen molar-refractivity contribution in [2.24, 2.45) is 5.73 Å². The van der Waals surface area contributed by atoms with Gasteiger partial charge in [0.15, 0.2) is 11.2 Å². The van der Waals surface area contributed by atoms with Gasteiger partial charge in [0.1, 0.15) is 6.29 Å². The van der Waals surface area contributed by atoms with Crippen molar-refractivity contribution in [2.45, 2.75) is 16.8 Å². The fraction of sp³-hybridized carbons (Fsp3) is 0.111. The maximum Gasteiger partial charge on any atom is 0.406 e. The van der Waals surface area contributed by atoms with Gasteiger partial charge in [0, 0.05) is 21.6 Å². The molecule has 0 bridgehead atoms. The van der Waals surface area contributed by atoms with Gasteiger partial charge in [0.2, 0.25) is 0 Å². The lowest BCUT2D eigenvalue weighted by atomic mass is 10.0. The van der Waals surface area contributed by atoms with Crippen LogP contribution in [0.4, 0.5) is 4.79 Å². The quantitative estimate of drug-likeness (QED) is 0.434. The number of nitrogens with two attached hydrogens (primary N) is 1. The number of carboxylic acids is 1. The van der Waals surface area contributed by atoms with E-state index in [0.29, 0.717) is 28.6 Å². The zero-order valence-corrected chi connectivity index (χ0v) is 14.5. The summed E-state index contributed by atoms with van der Waals surface area (Å²) in [6.07, 6.45) is 0.110. The summed E-state index contributed by atoms with van der Waals surface area (Å²) < 4.78 is 5.26. The van der Waals surface area contributed by atoms with Crippen molar-refractivity contribution in [3.05, 3.63) is 64.7 Å². The second kappa shape index (κ2) is 7.83. The molecule has 0 heterocycles. The first kappa shape index (κ1) is 19.2. The monoisotopic (exact) mass is 373 g/mol. The van der Waals surface area contributed by atoms with Crippen molar-refractivity contribution < 1.29 is 29.0 Å². The Morgan fingerprint density at radius 1 is 1.12 bits per heavy atom. The molecule has 1 atom stereocenters. The highest BCUT2D eigenvalue weighted by Gasteiger charge is 2.34. The number of carbonyl (C=O) groups excluding carboxylic acids is 3. The number of amides is 1. The van der Waals surface area contributed by atoms with Crippen LogP contribution in [0.5, 0.6) is 0 Å². The first-order chi connectivity index (χ1) is 12.3. The van der Waals surface area contributed by atoms with E-state index in [0.717, 1.165) is 11.8 Å². The Hall–Kier alpha value is -3.13. The lowest BCUT2D eigenvalue weighted by molar-refractivity contribution is 0.0696. The van der Waals surface area contributed by atoms with E-state index in [-0.39, 0.29) is 11.1 Å². The van der Waals surface area contributed by atoms with E-state index in [9.17, 15) is 19.2 Å². The number of aromatic carboxylic acids is 1. The summed E-state index contributed by atoms with van der Waals surface area (Å²) in [6.45, 7) is 1.55. The molecule has 26 heavy (non-hydrogen) atoms. The van der Waals surface area contributed by atoms with Gasteiger partial charge in [-0.25, -0.2) is 9.59 Å². The molecule has 0 saturated carbocycles. The minimum absolute atomic E-state index is 0.107. The smallest absolute Gasteiger partial charge is 0.406 e. The summed E-state index contributed by atoms with van der Waals surface area (Å²) in [6, 6.07) is 10.3. The first-order valence-electron chi connectivity index (χ1n) is 7.35. The third kappa shape index (κ3) is 4.28. The van der Waals surface area contributed by atoms with E-state index >= 15 is 0 Å². The Kier molecular flexibility index (Phi) is 5.78. The molecular formula is C18H15NO6S. The maximum atomic E-state index is 11.4. The summed E-state index contributed by atoms with van der Waals surface area (Å²) in [4.78, 5) is 43.9. The van der Waals surface area contributed by atoms with E-state index in [1.165, 1.54) is 30.3 Å². The van der Waals surface area contributed by atoms with Crippen LogP contribution in [0, 0.1) is 0 Å². The molecule has 3 N–H and O–H groups in total. The van der Waals surface area contributed by atoms with Crippen LogP contribution in [0.2, 0.25) is 0 Å². The Morgan fingerprint density at radius 2 is 1.77 bits per heavy atom. The fourth-order valence-electron chi connectivity index (χ4n) is 2.38. The average molecular weight is 373 g/mol.